The van der Waals surface area contributed by atoms with Crippen molar-refractivity contribution in [1.29, 1.82) is 0 Å². The molecule has 0 aliphatic carbocycles. The van der Waals surface area contributed by atoms with E-state index in [1.807, 2.05) is 37.4 Å². The van der Waals surface area contributed by atoms with Gasteiger partial charge in [0.25, 0.3) is 5.91 Å². The van der Waals surface area contributed by atoms with Crippen molar-refractivity contribution in [3.05, 3.63) is 65.4 Å². The SMILES string of the molecule is CCC(C)COc1ccc(C(=O)Nc2ccc3cc(CN4CCC(O)CC4)cnc3c2C)cc1. The maximum Gasteiger partial charge on any atom is 0.255 e. The Morgan fingerprint density at radius 1 is 1.21 bits per heavy atom. The average Bonchev–Trinajstić information content (AvgIpc) is 2.86. The number of pyridine rings is 1. The molecule has 3 aromatic rings. The molecular formula is C28H35N3O3. The van der Waals surface area contributed by atoms with Crippen molar-refractivity contribution in [2.24, 2.45) is 5.92 Å². The van der Waals surface area contributed by atoms with Gasteiger partial charge >= 0.3 is 0 Å². The second-order valence-electron chi connectivity index (χ2n) is 9.46. The second-order valence-corrected chi connectivity index (χ2v) is 9.46. The van der Waals surface area contributed by atoms with E-state index in [1.54, 1.807) is 12.1 Å². The number of nitrogens with zero attached hydrogens (tertiary/aromatic N) is 2. The van der Waals surface area contributed by atoms with Gasteiger partial charge in [-0.1, -0.05) is 26.3 Å². The number of hydrogen-bond donors (Lipinski definition) is 2. The zero-order valence-corrected chi connectivity index (χ0v) is 20.4. The number of aromatic nitrogens is 1. The van der Waals surface area contributed by atoms with E-state index in [1.165, 1.54) is 0 Å². The topological polar surface area (TPSA) is 74.7 Å². The van der Waals surface area contributed by atoms with Crippen LogP contribution in [0.3, 0.4) is 0 Å². The van der Waals surface area contributed by atoms with Crippen LogP contribution in [0.2, 0.25) is 0 Å². The first kappa shape index (κ1) is 24.2. The molecule has 1 aliphatic heterocycles. The molecule has 0 radical (unpaired) electrons. The number of aliphatic hydroxyl groups excluding tert-OH is 1. The number of fused-ring (bicyclic) bond motifs is 1. The number of benzene rings is 2. The maximum absolute atomic E-state index is 12.8. The number of likely N-dealkylation sites (tertiary alicyclic amines) is 1. The Labute approximate surface area is 202 Å². The summed E-state index contributed by atoms with van der Waals surface area (Å²) in [5.74, 6) is 1.13. The highest BCUT2D eigenvalue weighted by Gasteiger charge is 2.17. The third-order valence-corrected chi connectivity index (χ3v) is 6.72. The van der Waals surface area contributed by atoms with Crippen LogP contribution in [0.5, 0.6) is 5.75 Å². The molecule has 0 saturated carbocycles. The lowest BCUT2D eigenvalue weighted by Gasteiger charge is -2.29. The lowest BCUT2D eigenvalue weighted by Crippen LogP contribution is -2.35. The van der Waals surface area contributed by atoms with Crippen molar-refractivity contribution in [3.8, 4) is 5.75 Å². The molecule has 2 N–H and O–H groups in total. The van der Waals surface area contributed by atoms with Gasteiger partial charge in [-0.2, -0.15) is 0 Å². The minimum absolute atomic E-state index is 0.153. The van der Waals surface area contributed by atoms with E-state index in [9.17, 15) is 9.90 Å². The number of anilines is 1. The molecule has 2 aromatic carbocycles. The van der Waals surface area contributed by atoms with Crippen molar-refractivity contribution in [2.75, 3.05) is 25.0 Å². The molecule has 6 nitrogen and oxygen atoms in total. The lowest BCUT2D eigenvalue weighted by molar-refractivity contribution is 0.0792. The van der Waals surface area contributed by atoms with Crippen LogP contribution in [0.15, 0.2) is 48.7 Å². The Balaban J connectivity index is 1.41. The van der Waals surface area contributed by atoms with Crippen LogP contribution in [0.4, 0.5) is 5.69 Å². The first-order valence-corrected chi connectivity index (χ1v) is 12.3. The van der Waals surface area contributed by atoms with Gasteiger partial charge in [-0.15, -0.1) is 0 Å². The van der Waals surface area contributed by atoms with Crippen molar-refractivity contribution >= 4 is 22.5 Å². The molecule has 1 aromatic heterocycles. The molecule has 1 amide bonds. The Hall–Kier alpha value is -2.96. The smallest absolute Gasteiger partial charge is 0.255 e. The van der Waals surface area contributed by atoms with Crippen molar-refractivity contribution in [1.82, 2.24) is 9.88 Å². The molecule has 1 fully saturated rings. The highest BCUT2D eigenvalue weighted by atomic mass is 16.5. The highest BCUT2D eigenvalue weighted by Crippen LogP contribution is 2.26. The average molecular weight is 462 g/mol. The largest absolute Gasteiger partial charge is 0.493 e. The van der Waals surface area contributed by atoms with Gasteiger partial charge in [0.1, 0.15) is 5.75 Å². The number of amides is 1. The Morgan fingerprint density at radius 3 is 2.65 bits per heavy atom. The number of carbonyl (C=O) groups excluding carboxylic acids is 1. The minimum Gasteiger partial charge on any atom is -0.493 e. The standard InChI is InChI=1S/C28H35N3O3/c1-4-19(2)18-34-25-8-5-22(6-9-25)28(33)30-26-10-7-23-15-21(16-29-27(23)20(26)3)17-31-13-11-24(32)12-14-31/h5-10,15-16,19,24,32H,4,11-14,17-18H2,1-3H3,(H,30,33). The van der Waals surface area contributed by atoms with E-state index in [4.69, 9.17) is 9.72 Å². The summed E-state index contributed by atoms with van der Waals surface area (Å²) in [4.78, 5) is 19.9. The Bertz CT molecular complexity index is 1120. The second kappa shape index (κ2) is 11.0. The van der Waals surface area contributed by atoms with E-state index in [-0.39, 0.29) is 12.0 Å². The number of rotatable bonds is 8. The Kier molecular flexibility index (Phi) is 7.80. The highest BCUT2D eigenvalue weighted by molar-refractivity contribution is 6.06. The van der Waals surface area contributed by atoms with E-state index in [0.29, 0.717) is 18.1 Å². The molecule has 34 heavy (non-hydrogen) atoms. The van der Waals surface area contributed by atoms with Gasteiger partial charge in [-0.25, -0.2) is 0 Å². The summed E-state index contributed by atoms with van der Waals surface area (Å²) in [6.07, 6.45) is 4.49. The molecular weight excluding hydrogens is 426 g/mol. The van der Waals surface area contributed by atoms with Gasteiger partial charge in [0.2, 0.25) is 0 Å². The van der Waals surface area contributed by atoms with Gasteiger partial charge in [-0.3, -0.25) is 14.7 Å². The molecule has 1 aliphatic rings. The van der Waals surface area contributed by atoms with Crippen molar-refractivity contribution in [2.45, 2.75) is 52.7 Å². The Morgan fingerprint density at radius 2 is 1.94 bits per heavy atom. The van der Waals surface area contributed by atoms with Gasteiger partial charge in [0.05, 0.1) is 18.2 Å². The van der Waals surface area contributed by atoms with Crippen LogP contribution >= 0.6 is 0 Å². The van der Waals surface area contributed by atoms with Crippen LogP contribution in [0.25, 0.3) is 10.9 Å². The van der Waals surface area contributed by atoms with E-state index in [0.717, 1.165) is 72.4 Å². The lowest BCUT2D eigenvalue weighted by atomic mass is 10.0. The predicted molar refractivity (Wildman–Crippen MR) is 136 cm³/mol. The fourth-order valence-corrected chi connectivity index (χ4v) is 4.20. The molecule has 2 heterocycles. The molecule has 180 valence electrons. The third kappa shape index (κ3) is 5.93. The number of hydrogen-bond acceptors (Lipinski definition) is 5. The summed E-state index contributed by atoms with van der Waals surface area (Å²) in [5, 5.41) is 13.8. The summed E-state index contributed by atoms with van der Waals surface area (Å²) < 4.78 is 5.79. The zero-order valence-electron chi connectivity index (χ0n) is 20.4. The number of ether oxygens (including phenoxy) is 1. The molecule has 0 bridgehead atoms. The molecule has 1 atom stereocenters. The van der Waals surface area contributed by atoms with Gasteiger partial charge in [0.15, 0.2) is 0 Å². The number of carbonyl (C=O) groups is 1. The molecule has 1 saturated heterocycles. The monoisotopic (exact) mass is 461 g/mol. The van der Waals surface area contributed by atoms with Crippen molar-refractivity contribution in [3.63, 3.8) is 0 Å². The quantitative estimate of drug-likeness (QED) is 0.484. The van der Waals surface area contributed by atoms with Crippen LogP contribution in [0, 0.1) is 12.8 Å². The van der Waals surface area contributed by atoms with Gasteiger partial charge < -0.3 is 15.2 Å². The van der Waals surface area contributed by atoms with E-state index < -0.39 is 0 Å². The van der Waals surface area contributed by atoms with E-state index in [2.05, 4.69) is 30.1 Å². The zero-order chi connectivity index (χ0) is 24.1. The summed E-state index contributed by atoms with van der Waals surface area (Å²) in [5.41, 5.74) is 4.36. The summed E-state index contributed by atoms with van der Waals surface area (Å²) >= 11 is 0. The summed E-state index contributed by atoms with van der Waals surface area (Å²) in [7, 11) is 0. The fraction of sp³-hybridized carbons (Fsp3) is 0.429. The number of aryl methyl sites for hydroxylation is 1. The van der Waals surface area contributed by atoms with Crippen LogP contribution < -0.4 is 10.1 Å². The number of nitrogens with one attached hydrogen (secondary N) is 1. The fourth-order valence-electron chi connectivity index (χ4n) is 4.20. The first-order valence-electron chi connectivity index (χ1n) is 12.3. The molecule has 1 unspecified atom stereocenters. The first-order chi connectivity index (χ1) is 16.4. The minimum atomic E-state index is -0.164. The van der Waals surface area contributed by atoms with Crippen LogP contribution in [0.1, 0.15) is 54.6 Å². The maximum atomic E-state index is 12.8. The molecule has 6 heteroatoms. The van der Waals surface area contributed by atoms with Crippen molar-refractivity contribution < 1.29 is 14.6 Å². The summed E-state index contributed by atoms with van der Waals surface area (Å²) in [6.45, 7) is 9.63. The molecule has 4 rings (SSSR count). The van der Waals surface area contributed by atoms with E-state index >= 15 is 0 Å². The van der Waals surface area contributed by atoms with Gasteiger partial charge in [0, 0.05) is 42.5 Å². The van der Waals surface area contributed by atoms with Crippen LogP contribution in [-0.2, 0) is 6.54 Å². The number of aliphatic hydroxyl groups is 1. The summed E-state index contributed by atoms with van der Waals surface area (Å²) in [6, 6.07) is 13.4. The normalized spacial score (nSPS) is 15.9. The third-order valence-electron chi connectivity index (χ3n) is 6.72. The van der Waals surface area contributed by atoms with Crippen LogP contribution in [-0.4, -0.2) is 46.7 Å². The predicted octanol–water partition coefficient (Wildman–Crippen LogP) is 5.18. The molecule has 0 spiro atoms. The van der Waals surface area contributed by atoms with Gasteiger partial charge in [-0.05, 0) is 73.2 Å². The number of piperidine rings is 1.